The average Bonchev–Trinajstić information content (AvgIpc) is 3.42. The van der Waals surface area contributed by atoms with Crippen LogP contribution in [0.3, 0.4) is 0 Å². The maximum absolute atomic E-state index is 12.8. The van der Waals surface area contributed by atoms with E-state index in [1.807, 2.05) is 6.92 Å². The number of fused-ring (bicyclic) bond motifs is 5. The van der Waals surface area contributed by atoms with Crippen LogP contribution in [-0.2, 0) is 9.59 Å². The molecule has 0 aromatic rings. The van der Waals surface area contributed by atoms with Gasteiger partial charge in [0.05, 0.1) is 18.4 Å². The zero-order valence-corrected chi connectivity index (χ0v) is 18.6. The number of amides is 2. The van der Waals surface area contributed by atoms with E-state index in [0.29, 0.717) is 19.1 Å². The van der Waals surface area contributed by atoms with Crippen LogP contribution in [0.4, 0.5) is 0 Å². The van der Waals surface area contributed by atoms with Crippen molar-refractivity contribution in [1.29, 1.82) is 0 Å². The van der Waals surface area contributed by atoms with Gasteiger partial charge in [-0.1, -0.05) is 19.1 Å². The van der Waals surface area contributed by atoms with Crippen molar-refractivity contribution in [2.45, 2.75) is 46.1 Å². The number of imide groups is 1. The van der Waals surface area contributed by atoms with Gasteiger partial charge in [-0.2, -0.15) is 0 Å². The van der Waals surface area contributed by atoms with Gasteiger partial charge in [0.2, 0.25) is 11.8 Å². The fraction of sp³-hybridized carbons (Fsp3) is 0.783. The highest BCUT2D eigenvalue weighted by molar-refractivity contribution is 6.06. The highest BCUT2D eigenvalue weighted by atomic mass is 16.2. The largest absolute Gasteiger partial charge is 0.357 e. The normalized spacial score (nSPS) is 32.8. The number of allylic oxidation sites excluding steroid dienone is 2. The number of rotatable bonds is 7. The van der Waals surface area contributed by atoms with E-state index >= 15 is 0 Å². The number of nitrogens with zero attached hydrogens (tertiary/aromatic N) is 3. The number of hydrogen-bond acceptors (Lipinski definition) is 4. The van der Waals surface area contributed by atoms with Crippen LogP contribution >= 0.6 is 0 Å². The fourth-order valence-electron chi connectivity index (χ4n) is 5.62. The van der Waals surface area contributed by atoms with Crippen molar-refractivity contribution in [3.63, 3.8) is 0 Å². The molecule has 166 valence electrons. The van der Waals surface area contributed by atoms with Crippen LogP contribution in [0.5, 0.6) is 0 Å². The molecule has 0 aromatic carbocycles. The summed E-state index contributed by atoms with van der Waals surface area (Å²) in [6.07, 6.45) is 7.79. The van der Waals surface area contributed by atoms with Crippen molar-refractivity contribution in [3.05, 3.63) is 12.2 Å². The fourth-order valence-corrected chi connectivity index (χ4v) is 5.62. The van der Waals surface area contributed by atoms with E-state index in [2.05, 4.69) is 41.5 Å². The first-order valence-electron chi connectivity index (χ1n) is 11.8. The lowest BCUT2D eigenvalue weighted by Crippen LogP contribution is -2.45. The van der Waals surface area contributed by atoms with Gasteiger partial charge in [0.25, 0.3) is 0 Å². The van der Waals surface area contributed by atoms with Crippen LogP contribution in [-0.4, -0.2) is 72.9 Å². The Bertz CT molecular complexity index is 682. The van der Waals surface area contributed by atoms with E-state index in [9.17, 15) is 9.59 Å². The summed E-state index contributed by atoms with van der Waals surface area (Å²) in [5.74, 6) is 1.97. The minimum atomic E-state index is -0.109. The number of carbonyl (C=O) groups is 2. The van der Waals surface area contributed by atoms with E-state index in [0.717, 1.165) is 44.5 Å². The molecule has 2 saturated heterocycles. The monoisotopic (exact) mass is 415 g/mol. The van der Waals surface area contributed by atoms with Crippen LogP contribution < -0.4 is 10.6 Å². The van der Waals surface area contributed by atoms with Gasteiger partial charge in [-0.05, 0) is 64.0 Å². The second-order valence-electron chi connectivity index (χ2n) is 9.54. The predicted molar refractivity (Wildman–Crippen MR) is 118 cm³/mol. The predicted octanol–water partition coefficient (Wildman–Crippen LogP) is 1.47. The van der Waals surface area contributed by atoms with Crippen LogP contribution in [0, 0.1) is 29.6 Å². The Hall–Kier alpha value is -1.89. The molecule has 0 radical (unpaired) electrons. The second kappa shape index (κ2) is 9.08. The van der Waals surface area contributed by atoms with Crippen molar-refractivity contribution in [2.75, 3.05) is 39.3 Å². The number of aliphatic imine (C=N–C) groups is 1. The molecule has 4 rings (SSSR count). The van der Waals surface area contributed by atoms with Crippen LogP contribution in [0.1, 0.15) is 40.0 Å². The van der Waals surface area contributed by atoms with Gasteiger partial charge in [0, 0.05) is 25.7 Å². The Morgan fingerprint density at radius 2 is 1.77 bits per heavy atom. The summed E-state index contributed by atoms with van der Waals surface area (Å²) in [4.78, 5) is 34.3. The van der Waals surface area contributed by atoms with Gasteiger partial charge in [-0.3, -0.25) is 24.4 Å². The average molecular weight is 416 g/mol. The Balaban J connectivity index is 1.26. The third-order valence-electron chi connectivity index (χ3n) is 7.49. The number of likely N-dealkylation sites (tertiary alicyclic amines) is 2. The number of carbonyl (C=O) groups excluding carboxylic acids is 2. The first kappa shape index (κ1) is 21.3. The van der Waals surface area contributed by atoms with Gasteiger partial charge < -0.3 is 10.6 Å². The van der Waals surface area contributed by atoms with Gasteiger partial charge >= 0.3 is 0 Å². The maximum Gasteiger partial charge on any atom is 0.233 e. The van der Waals surface area contributed by atoms with E-state index in [1.165, 1.54) is 17.7 Å². The Labute approximate surface area is 180 Å². The molecule has 2 aliphatic carbocycles. The van der Waals surface area contributed by atoms with E-state index < -0.39 is 0 Å². The molecule has 4 aliphatic rings. The van der Waals surface area contributed by atoms with Crippen molar-refractivity contribution in [2.24, 2.45) is 34.6 Å². The highest BCUT2D eigenvalue weighted by Gasteiger charge is 2.58. The highest BCUT2D eigenvalue weighted by Crippen LogP contribution is 2.52. The molecule has 2 heterocycles. The van der Waals surface area contributed by atoms with Gasteiger partial charge in [-0.15, -0.1) is 0 Å². The number of piperidine rings is 1. The zero-order valence-electron chi connectivity index (χ0n) is 18.6. The first-order valence-corrected chi connectivity index (χ1v) is 11.8. The summed E-state index contributed by atoms with van der Waals surface area (Å²) < 4.78 is 0. The topological polar surface area (TPSA) is 77.0 Å². The smallest absolute Gasteiger partial charge is 0.233 e. The molecular weight excluding hydrogens is 378 g/mol. The quantitative estimate of drug-likeness (QED) is 0.285. The second-order valence-corrected chi connectivity index (χ2v) is 9.54. The third kappa shape index (κ3) is 4.13. The van der Waals surface area contributed by atoms with Crippen molar-refractivity contribution in [1.82, 2.24) is 20.4 Å². The van der Waals surface area contributed by atoms with Crippen LogP contribution in [0.25, 0.3) is 0 Å². The zero-order chi connectivity index (χ0) is 21.3. The van der Waals surface area contributed by atoms with E-state index in [1.54, 1.807) is 0 Å². The van der Waals surface area contributed by atoms with Crippen LogP contribution in [0.15, 0.2) is 17.1 Å². The SMILES string of the molecule is CCNC(=NCC(C)N1CCC(C)CC1)NCCN1C(=O)C2C3C=CC(C3)C2C1=O. The molecule has 3 fully saturated rings. The molecule has 0 spiro atoms. The summed E-state index contributed by atoms with van der Waals surface area (Å²) in [5.41, 5.74) is 0. The molecule has 7 heteroatoms. The summed E-state index contributed by atoms with van der Waals surface area (Å²) >= 11 is 0. The van der Waals surface area contributed by atoms with Gasteiger partial charge in [-0.25, -0.2) is 0 Å². The molecule has 7 nitrogen and oxygen atoms in total. The molecule has 0 aromatic heterocycles. The molecule has 1 saturated carbocycles. The molecule has 2 amide bonds. The Kier molecular flexibility index (Phi) is 6.46. The number of hydrogen-bond donors (Lipinski definition) is 2. The van der Waals surface area contributed by atoms with Crippen molar-refractivity contribution >= 4 is 17.8 Å². The molecule has 2 N–H and O–H groups in total. The molecule has 5 atom stereocenters. The summed E-state index contributed by atoms with van der Waals surface area (Å²) in [5, 5.41) is 6.60. The van der Waals surface area contributed by atoms with Gasteiger partial charge in [0.15, 0.2) is 5.96 Å². The molecular formula is C23H37N5O2. The minimum Gasteiger partial charge on any atom is -0.357 e. The van der Waals surface area contributed by atoms with Gasteiger partial charge in [0.1, 0.15) is 0 Å². The molecule has 30 heavy (non-hydrogen) atoms. The molecule has 2 bridgehead atoms. The number of nitrogens with one attached hydrogen (secondary N) is 2. The van der Waals surface area contributed by atoms with Crippen molar-refractivity contribution < 1.29 is 9.59 Å². The lowest BCUT2D eigenvalue weighted by atomic mass is 9.85. The summed E-state index contributed by atoms with van der Waals surface area (Å²) in [6, 6.07) is 0.414. The third-order valence-corrected chi connectivity index (χ3v) is 7.49. The Morgan fingerprint density at radius 1 is 1.13 bits per heavy atom. The first-order chi connectivity index (χ1) is 14.5. The summed E-state index contributed by atoms with van der Waals surface area (Å²) in [6.45, 7) is 11.4. The van der Waals surface area contributed by atoms with Crippen molar-refractivity contribution in [3.8, 4) is 0 Å². The molecule has 5 unspecified atom stereocenters. The van der Waals surface area contributed by atoms with Crippen LogP contribution in [0.2, 0.25) is 0 Å². The lowest BCUT2D eigenvalue weighted by molar-refractivity contribution is -0.140. The summed E-state index contributed by atoms with van der Waals surface area (Å²) in [7, 11) is 0. The molecule has 2 aliphatic heterocycles. The lowest BCUT2D eigenvalue weighted by Gasteiger charge is -2.34. The standard InChI is InChI=1S/C23H37N5O2/c1-4-24-23(26-14-16(3)27-10-7-15(2)8-11-27)25-9-12-28-21(29)19-17-5-6-18(13-17)20(19)22(28)30/h5-6,15-20H,4,7-14H2,1-3H3,(H2,24,25,26). The minimum absolute atomic E-state index is 0.0264. The van der Waals surface area contributed by atoms with E-state index in [4.69, 9.17) is 4.99 Å². The maximum atomic E-state index is 12.8. The van der Waals surface area contributed by atoms with E-state index in [-0.39, 0.29) is 35.5 Å². The Morgan fingerprint density at radius 3 is 2.37 bits per heavy atom. The number of guanidine groups is 1.